The summed E-state index contributed by atoms with van der Waals surface area (Å²) in [6, 6.07) is 8.02. The fourth-order valence-corrected chi connectivity index (χ4v) is 4.62. The number of fused-ring (bicyclic) bond motifs is 1. The number of hydrogen-bond donors (Lipinski definition) is 2. The number of rotatable bonds is 3. The standard InChI is InChI=1S/C17H20N4OS/c18-16(22)11-1-3-12(4-2-11)17-19-14-5-7-21(9-15(14)20-17)13-6-8-23-10-13/h1-4,13H,5-10H2,(H2,18,22)(H,19,20). The maximum atomic E-state index is 11.2. The summed E-state index contributed by atoms with van der Waals surface area (Å²) in [6.45, 7) is 2.07. The minimum absolute atomic E-state index is 0.402. The molecule has 4 rings (SSSR count). The van der Waals surface area contributed by atoms with Crippen molar-refractivity contribution in [3.05, 3.63) is 41.2 Å². The summed E-state index contributed by atoms with van der Waals surface area (Å²) >= 11 is 2.06. The number of nitrogens with two attached hydrogens (primary N) is 1. The van der Waals surface area contributed by atoms with Crippen LogP contribution >= 0.6 is 11.8 Å². The Morgan fingerprint density at radius 3 is 2.87 bits per heavy atom. The van der Waals surface area contributed by atoms with Gasteiger partial charge in [0.2, 0.25) is 5.91 Å². The lowest BCUT2D eigenvalue weighted by Crippen LogP contribution is -2.39. The van der Waals surface area contributed by atoms with Gasteiger partial charge in [-0.1, -0.05) is 12.1 Å². The van der Waals surface area contributed by atoms with Gasteiger partial charge in [0, 0.05) is 42.4 Å². The molecule has 0 bridgehead atoms. The number of primary amides is 1. The molecule has 1 aromatic carbocycles. The van der Waals surface area contributed by atoms with Crippen molar-refractivity contribution >= 4 is 17.7 Å². The third-order valence-corrected chi connectivity index (χ3v) is 5.87. The lowest BCUT2D eigenvalue weighted by atomic mass is 10.1. The predicted octanol–water partition coefficient (Wildman–Crippen LogP) is 2.04. The maximum absolute atomic E-state index is 11.2. The Bertz CT molecular complexity index is 719. The molecule has 3 heterocycles. The first-order chi connectivity index (χ1) is 11.2. The lowest BCUT2D eigenvalue weighted by Gasteiger charge is -2.31. The molecule has 1 saturated heterocycles. The lowest BCUT2D eigenvalue weighted by molar-refractivity contribution is 0.100. The maximum Gasteiger partial charge on any atom is 0.248 e. The second kappa shape index (κ2) is 6.02. The van der Waals surface area contributed by atoms with E-state index in [0.717, 1.165) is 36.9 Å². The first-order valence-electron chi connectivity index (χ1n) is 8.00. The average molecular weight is 328 g/mol. The van der Waals surface area contributed by atoms with Crippen LogP contribution in [0.15, 0.2) is 24.3 Å². The molecular weight excluding hydrogens is 308 g/mol. The van der Waals surface area contributed by atoms with E-state index in [4.69, 9.17) is 10.7 Å². The molecule has 2 aliphatic rings. The Morgan fingerprint density at radius 2 is 2.17 bits per heavy atom. The molecule has 23 heavy (non-hydrogen) atoms. The fraction of sp³-hybridized carbons (Fsp3) is 0.412. The molecule has 1 amide bonds. The molecule has 1 fully saturated rings. The highest BCUT2D eigenvalue weighted by molar-refractivity contribution is 7.99. The minimum atomic E-state index is -0.402. The van der Waals surface area contributed by atoms with Crippen molar-refractivity contribution in [2.75, 3.05) is 18.1 Å². The zero-order chi connectivity index (χ0) is 15.8. The van der Waals surface area contributed by atoms with E-state index in [0.29, 0.717) is 5.56 Å². The largest absolute Gasteiger partial charge is 0.366 e. The van der Waals surface area contributed by atoms with Crippen LogP contribution in [0.4, 0.5) is 0 Å². The zero-order valence-electron chi connectivity index (χ0n) is 12.9. The van der Waals surface area contributed by atoms with Crippen molar-refractivity contribution in [3.63, 3.8) is 0 Å². The number of aromatic nitrogens is 2. The monoisotopic (exact) mass is 328 g/mol. The summed E-state index contributed by atoms with van der Waals surface area (Å²) < 4.78 is 0. The van der Waals surface area contributed by atoms with Crippen LogP contribution in [-0.4, -0.2) is 44.9 Å². The van der Waals surface area contributed by atoms with Crippen LogP contribution in [0.1, 0.15) is 28.2 Å². The van der Waals surface area contributed by atoms with Crippen LogP contribution in [0.25, 0.3) is 11.4 Å². The normalized spacial score (nSPS) is 21.3. The summed E-state index contributed by atoms with van der Waals surface area (Å²) in [7, 11) is 0. The van der Waals surface area contributed by atoms with Crippen molar-refractivity contribution in [2.24, 2.45) is 5.73 Å². The van der Waals surface area contributed by atoms with Gasteiger partial charge in [0.1, 0.15) is 5.82 Å². The zero-order valence-corrected chi connectivity index (χ0v) is 13.7. The molecule has 2 aromatic rings. The average Bonchev–Trinajstić information content (AvgIpc) is 3.23. The van der Waals surface area contributed by atoms with E-state index in [9.17, 15) is 4.79 Å². The summed E-state index contributed by atoms with van der Waals surface area (Å²) in [4.78, 5) is 22.0. The van der Waals surface area contributed by atoms with Gasteiger partial charge in [-0.15, -0.1) is 0 Å². The van der Waals surface area contributed by atoms with Crippen LogP contribution in [0, 0.1) is 0 Å². The first kappa shape index (κ1) is 14.8. The number of carbonyl (C=O) groups excluding carboxylic acids is 1. The van der Waals surface area contributed by atoms with Gasteiger partial charge >= 0.3 is 0 Å². The Labute approximate surface area is 139 Å². The second-order valence-corrected chi connectivity index (χ2v) is 7.34. The number of nitrogens with one attached hydrogen (secondary N) is 1. The molecule has 0 aliphatic carbocycles. The first-order valence-corrected chi connectivity index (χ1v) is 9.16. The Morgan fingerprint density at radius 1 is 1.35 bits per heavy atom. The Hall–Kier alpha value is -1.79. The van der Waals surface area contributed by atoms with Crippen molar-refractivity contribution in [3.8, 4) is 11.4 Å². The molecule has 120 valence electrons. The van der Waals surface area contributed by atoms with Crippen LogP contribution in [0.3, 0.4) is 0 Å². The summed E-state index contributed by atoms with van der Waals surface area (Å²) in [5.41, 5.74) is 9.22. The van der Waals surface area contributed by atoms with Gasteiger partial charge in [0.05, 0.1) is 11.4 Å². The van der Waals surface area contributed by atoms with Gasteiger partial charge in [-0.25, -0.2) is 4.98 Å². The van der Waals surface area contributed by atoms with Crippen molar-refractivity contribution < 1.29 is 4.79 Å². The molecular formula is C17H20N4OS. The number of benzene rings is 1. The number of nitrogens with zero attached hydrogens (tertiary/aromatic N) is 2. The van der Waals surface area contributed by atoms with Gasteiger partial charge in [0.15, 0.2) is 0 Å². The molecule has 1 aromatic heterocycles. The number of thioether (sulfide) groups is 1. The van der Waals surface area contributed by atoms with Gasteiger partial charge in [-0.2, -0.15) is 11.8 Å². The van der Waals surface area contributed by atoms with E-state index in [1.54, 1.807) is 12.1 Å². The highest BCUT2D eigenvalue weighted by Gasteiger charge is 2.28. The third kappa shape index (κ3) is 2.88. The smallest absolute Gasteiger partial charge is 0.248 e. The van der Waals surface area contributed by atoms with Crippen LogP contribution in [0.2, 0.25) is 0 Å². The van der Waals surface area contributed by atoms with E-state index in [1.807, 2.05) is 12.1 Å². The summed E-state index contributed by atoms with van der Waals surface area (Å²) in [5.74, 6) is 3.02. The number of hydrogen-bond acceptors (Lipinski definition) is 4. The quantitative estimate of drug-likeness (QED) is 0.904. The molecule has 1 atom stereocenters. The molecule has 0 spiro atoms. The third-order valence-electron chi connectivity index (χ3n) is 4.73. The van der Waals surface area contributed by atoms with E-state index < -0.39 is 5.91 Å². The van der Waals surface area contributed by atoms with Crippen LogP contribution < -0.4 is 5.73 Å². The highest BCUT2D eigenvalue weighted by atomic mass is 32.2. The molecule has 0 saturated carbocycles. The Kier molecular flexibility index (Phi) is 3.87. The minimum Gasteiger partial charge on any atom is -0.366 e. The Balaban J connectivity index is 1.55. The SMILES string of the molecule is NC(=O)c1ccc(-c2nc3c([nH]2)CN(C2CCSC2)CC3)cc1. The van der Waals surface area contributed by atoms with Crippen molar-refractivity contribution in [1.29, 1.82) is 0 Å². The van der Waals surface area contributed by atoms with Crippen molar-refractivity contribution in [1.82, 2.24) is 14.9 Å². The number of amides is 1. The molecule has 1 unspecified atom stereocenters. The summed E-state index contributed by atoms with van der Waals surface area (Å²) in [6.07, 6.45) is 2.31. The van der Waals surface area contributed by atoms with E-state index in [2.05, 4.69) is 21.6 Å². The number of H-pyrrole nitrogens is 1. The van der Waals surface area contributed by atoms with Gasteiger partial charge in [0.25, 0.3) is 0 Å². The van der Waals surface area contributed by atoms with E-state index in [1.165, 1.54) is 29.3 Å². The van der Waals surface area contributed by atoms with Gasteiger partial charge < -0.3 is 10.7 Å². The molecule has 6 heteroatoms. The number of carbonyl (C=O) groups is 1. The number of imidazole rings is 1. The van der Waals surface area contributed by atoms with Gasteiger partial charge in [-0.05, 0) is 24.3 Å². The molecule has 0 radical (unpaired) electrons. The second-order valence-electron chi connectivity index (χ2n) is 6.19. The fourth-order valence-electron chi connectivity index (χ4n) is 3.37. The molecule has 3 N–H and O–H groups in total. The predicted molar refractivity (Wildman–Crippen MR) is 92.4 cm³/mol. The van der Waals surface area contributed by atoms with Crippen molar-refractivity contribution in [2.45, 2.75) is 25.4 Å². The molecule has 5 nitrogen and oxygen atoms in total. The van der Waals surface area contributed by atoms with Gasteiger partial charge in [-0.3, -0.25) is 9.69 Å². The topological polar surface area (TPSA) is 75.0 Å². The van der Waals surface area contributed by atoms with E-state index >= 15 is 0 Å². The summed E-state index contributed by atoms with van der Waals surface area (Å²) in [5, 5.41) is 0. The van der Waals surface area contributed by atoms with Crippen LogP contribution in [-0.2, 0) is 13.0 Å². The molecule has 2 aliphatic heterocycles. The number of aromatic amines is 1. The van der Waals surface area contributed by atoms with Crippen LogP contribution in [0.5, 0.6) is 0 Å². The van der Waals surface area contributed by atoms with E-state index in [-0.39, 0.29) is 0 Å². The highest BCUT2D eigenvalue weighted by Crippen LogP contribution is 2.28.